The summed E-state index contributed by atoms with van der Waals surface area (Å²) < 4.78 is 1.85. The lowest BCUT2D eigenvalue weighted by Crippen LogP contribution is -2.26. The molecule has 0 fully saturated rings. The van der Waals surface area contributed by atoms with Crippen molar-refractivity contribution in [2.24, 2.45) is 5.84 Å². The predicted molar refractivity (Wildman–Crippen MR) is 76.1 cm³/mol. The van der Waals surface area contributed by atoms with Gasteiger partial charge in [0.1, 0.15) is 6.33 Å². The SMILES string of the molecule is CCn1cnnc1CNC(=O)c1cc(Cl)ccc1NN. The molecular weight excluding hydrogens is 280 g/mol. The fourth-order valence-corrected chi connectivity index (χ4v) is 1.94. The van der Waals surface area contributed by atoms with Gasteiger partial charge in [0.2, 0.25) is 0 Å². The van der Waals surface area contributed by atoms with Crippen molar-refractivity contribution >= 4 is 23.2 Å². The fourth-order valence-electron chi connectivity index (χ4n) is 1.76. The number of anilines is 1. The number of halogens is 1. The Morgan fingerprint density at radius 3 is 3.00 bits per heavy atom. The molecule has 2 rings (SSSR count). The minimum Gasteiger partial charge on any atom is -0.345 e. The molecule has 1 amide bonds. The third-order valence-corrected chi connectivity index (χ3v) is 3.06. The zero-order chi connectivity index (χ0) is 14.5. The normalized spacial score (nSPS) is 10.3. The molecule has 20 heavy (non-hydrogen) atoms. The van der Waals surface area contributed by atoms with Crippen LogP contribution in [-0.4, -0.2) is 20.7 Å². The van der Waals surface area contributed by atoms with Crippen LogP contribution in [0.2, 0.25) is 5.02 Å². The third kappa shape index (κ3) is 3.06. The van der Waals surface area contributed by atoms with Crippen LogP contribution in [0.3, 0.4) is 0 Å². The number of hydrogen-bond donors (Lipinski definition) is 3. The lowest BCUT2D eigenvalue weighted by atomic mass is 10.1. The number of aromatic nitrogens is 3. The largest absolute Gasteiger partial charge is 0.345 e. The smallest absolute Gasteiger partial charge is 0.253 e. The summed E-state index contributed by atoms with van der Waals surface area (Å²) in [6.45, 7) is 3.00. The Kier molecular flexibility index (Phi) is 4.54. The monoisotopic (exact) mass is 294 g/mol. The Bertz CT molecular complexity index is 612. The van der Waals surface area contributed by atoms with Crippen molar-refractivity contribution in [3.63, 3.8) is 0 Å². The number of nitrogens with zero attached hydrogens (tertiary/aromatic N) is 3. The van der Waals surface area contributed by atoms with Crippen LogP contribution in [-0.2, 0) is 13.1 Å². The van der Waals surface area contributed by atoms with Gasteiger partial charge in [-0.1, -0.05) is 11.6 Å². The summed E-state index contributed by atoms with van der Waals surface area (Å²) in [4.78, 5) is 12.1. The maximum absolute atomic E-state index is 12.1. The van der Waals surface area contributed by atoms with Gasteiger partial charge in [0.05, 0.1) is 17.8 Å². The molecule has 1 aromatic heterocycles. The fraction of sp³-hybridized carbons (Fsp3) is 0.250. The first-order chi connectivity index (χ1) is 9.65. The molecule has 0 unspecified atom stereocenters. The molecule has 4 N–H and O–H groups in total. The molecule has 1 aromatic carbocycles. The molecule has 1 heterocycles. The van der Waals surface area contributed by atoms with Crippen LogP contribution in [0.25, 0.3) is 0 Å². The van der Waals surface area contributed by atoms with Gasteiger partial charge in [0.25, 0.3) is 5.91 Å². The third-order valence-electron chi connectivity index (χ3n) is 2.83. The number of carbonyl (C=O) groups excluding carboxylic acids is 1. The van der Waals surface area contributed by atoms with E-state index in [-0.39, 0.29) is 12.5 Å². The number of carbonyl (C=O) groups is 1. The summed E-state index contributed by atoms with van der Waals surface area (Å²) >= 11 is 5.89. The van der Waals surface area contributed by atoms with Gasteiger partial charge >= 0.3 is 0 Å². The molecule has 0 saturated heterocycles. The standard InChI is InChI=1S/C12H15ClN6O/c1-2-19-7-16-18-11(19)6-15-12(20)9-5-8(13)3-4-10(9)17-14/h3-5,7,17H,2,6,14H2,1H3,(H,15,20). The number of nitrogen functional groups attached to an aromatic ring is 1. The number of rotatable bonds is 5. The van der Waals surface area contributed by atoms with E-state index in [1.807, 2.05) is 11.5 Å². The van der Waals surface area contributed by atoms with Crippen LogP contribution < -0.4 is 16.6 Å². The summed E-state index contributed by atoms with van der Waals surface area (Å²) in [6.07, 6.45) is 1.62. The molecule has 2 aromatic rings. The lowest BCUT2D eigenvalue weighted by molar-refractivity contribution is 0.0950. The van der Waals surface area contributed by atoms with E-state index < -0.39 is 0 Å². The molecule has 106 valence electrons. The Balaban J connectivity index is 2.11. The Hall–Kier alpha value is -2.12. The van der Waals surface area contributed by atoms with Crippen LogP contribution in [0.4, 0.5) is 5.69 Å². The van der Waals surface area contributed by atoms with Gasteiger partial charge in [-0.25, -0.2) is 0 Å². The van der Waals surface area contributed by atoms with Crippen LogP contribution in [0.15, 0.2) is 24.5 Å². The first kappa shape index (κ1) is 14.3. The van der Waals surface area contributed by atoms with Gasteiger partial charge in [-0.05, 0) is 25.1 Å². The molecule has 0 atom stereocenters. The van der Waals surface area contributed by atoms with Gasteiger partial charge < -0.3 is 15.3 Å². The topological polar surface area (TPSA) is 97.9 Å². The number of hydrogen-bond acceptors (Lipinski definition) is 5. The van der Waals surface area contributed by atoms with Crippen molar-refractivity contribution in [2.75, 3.05) is 5.43 Å². The Labute approximate surface area is 121 Å². The van der Waals surface area contributed by atoms with E-state index in [9.17, 15) is 4.79 Å². The number of benzene rings is 1. The molecule has 0 bridgehead atoms. The minimum atomic E-state index is -0.286. The van der Waals surface area contributed by atoms with Crippen LogP contribution in [0, 0.1) is 0 Å². The zero-order valence-electron chi connectivity index (χ0n) is 10.9. The van der Waals surface area contributed by atoms with E-state index in [4.69, 9.17) is 17.4 Å². The molecule has 0 saturated carbocycles. The van der Waals surface area contributed by atoms with E-state index in [0.29, 0.717) is 22.1 Å². The number of nitrogens with one attached hydrogen (secondary N) is 2. The molecule has 8 heteroatoms. The summed E-state index contributed by atoms with van der Waals surface area (Å²) in [5.74, 6) is 5.77. The number of nitrogens with two attached hydrogens (primary N) is 1. The van der Waals surface area contributed by atoms with Gasteiger partial charge in [-0.2, -0.15) is 0 Å². The summed E-state index contributed by atoms with van der Waals surface area (Å²) in [5.41, 5.74) is 3.35. The van der Waals surface area contributed by atoms with Crippen molar-refractivity contribution < 1.29 is 4.79 Å². The second-order valence-electron chi connectivity index (χ2n) is 4.05. The molecule has 0 aliphatic carbocycles. The Morgan fingerprint density at radius 1 is 1.50 bits per heavy atom. The molecule has 7 nitrogen and oxygen atoms in total. The van der Waals surface area contributed by atoms with Crippen molar-refractivity contribution in [1.82, 2.24) is 20.1 Å². The van der Waals surface area contributed by atoms with Gasteiger partial charge in [0, 0.05) is 11.6 Å². The van der Waals surface area contributed by atoms with Crippen molar-refractivity contribution in [1.29, 1.82) is 0 Å². The van der Waals surface area contributed by atoms with E-state index in [1.165, 1.54) is 0 Å². The first-order valence-corrected chi connectivity index (χ1v) is 6.44. The highest BCUT2D eigenvalue weighted by Crippen LogP contribution is 2.19. The van der Waals surface area contributed by atoms with E-state index in [1.54, 1.807) is 24.5 Å². The zero-order valence-corrected chi connectivity index (χ0v) is 11.7. The maximum Gasteiger partial charge on any atom is 0.253 e. The molecule has 0 spiro atoms. The lowest BCUT2D eigenvalue weighted by Gasteiger charge is -2.10. The summed E-state index contributed by atoms with van der Waals surface area (Å²) in [5, 5.41) is 11.0. The molecule has 0 aliphatic heterocycles. The number of aryl methyl sites for hydroxylation is 1. The average molecular weight is 295 g/mol. The van der Waals surface area contributed by atoms with Crippen molar-refractivity contribution in [3.05, 3.63) is 40.9 Å². The molecular formula is C12H15ClN6O. The van der Waals surface area contributed by atoms with Gasteiger partial charge in [-0.15, -0.1) is 10.2 Å². The van der Waals surface area contributed by atoms with Crippen LogP contribution in [0.5, 0.6) is 0 Å². The highest BCUT2D eigenvalue weighted by atomic mass is 35.5. The first-order valence-electron chi connectivity index (χ1n) is 6.06. The Morgan fingerprint density at radius 2 is 2.30 bits per heavy atom. The second-order valence-corrected chi connectivity index (χ2v) is 4.49. The van der Waals surface area contributed by atoms with Crippen LogP contribution >= 0.6 is 11.6 Å². The van der Waals surface area contributed by atoms with E-state index in [2.05, 4.69) is 20.9 Å². The van der Waals surface area contributed by atoms with Gasteiger partial charge in [0.15, 0.2) is 5.82 Å². The quantitative estimate of drug-likeness (QED) is 0.568. The summed E-state index contributed by atoms with van der Waals surface area (Å²) in [7, 11) is 0. The highest BCUT2D eigenvalue weighted by Gasteiger charge is 2.12. The van der Waals surface area contributed by atoms with E-state index >= 15 is 0 Å². The second kappa shape index (κ2) is 6.36. The van der Waals surface area contributed by atoms with Crippen molar-refractivity contribution in [3.8, 4) is 0 Å². The van der Waals surface area contributed by atoms with Crippen molar-refractivity contribution in [2.45, 2.75) is 20.0 Å². The van der Waals surface area contributed by atoms with Crippen LogP contribution in [0.1, 0.15) is 23.1 Å². The maximum atomic E-state index is 12.1. The summed E-state index contributed by atoms with van der Waals surface area (Å²) in [6, 6.07) is 4.85. The number of hydrazine groups is 1. The average Bonchev–Trinajstić information content (AvgIpc) is 2.92. The van der Waals surface area contributed by atoms with E-state index in [0.717, 1.165) is 6.54 Å². The van der Waals surface area contributed by atoms with Gasteiger partial charge in [-0.3, -0.25) is 10.6 Å². The molecule has 0 radical (unpaired) electrons. The highest BCUT2D eigenvalue weighted by molar-refractivity contribution is 6.31. The predicted octanol–water partition coefficient (Wildman–Crippen LogP) is 1.17. The molecule has 0 aliphatic rings. The number of amides is 1. The minimum absolute atomic E-state index is 0.281.